The van der Waals surface area contributed by atoms with Gasteiger partial charge in [0, 0.05) is 31.2 Å². The second-order valence-corrected chi connectivity index (χ2v) is 7.45. The fourth-order valence-electron chi connectivity index (χ4n) is 2.37. The van der Waals surface area contributed by atoms with E-state index >= 15 is 0 Å². The molecule has 0 amide bonds. The summed E-state index contributed by atoms with van der Waals surface area (Å²) in [6, 6.07) is 0.304. The van der Waals surface area contributed by atoms with Gasteiger partial charge >= 0.3 is 0 Å². The topological polar surface area (TPSA) is 78.1 Å². The van der Waals surface area contributed by atoms with Gasteiger partial charge in [0.1, 0.15) is 0 Å². The lowest BCUT2D eigenvalue weighted by molar-refractivity contribution is 0.420. The minimum Gasteiger partial charge on any atom is -0.310 e. The van der Waals surface area contributed by atoms with Crippen molar-refractivity contribution in [2.24, 2.45) is 0 Å². The van der Waals surface area contributed by atoms with Crippen molar-refractivity contribution in [1.82, 2.24) is 19.8 Å². The zero-order valence-electron chi connectivity index (χ0n) is 12.2. The summed E-state index contributed by atoms with van der Waals surface area (Å²) in [4.78, 5) is 0. The molecule has 1 fully saturated rings. The second kappa shape index (κ2) is 6.69. The number of hydrogen-bond acceptors (Lipinski definition) is 4. The Labute approximate surface area is 121 Å². The average Bonchev–Trinajstić information content (AvgIpc) is 2.69. The molecule has 1 aromatic rings. The van der Waals surface area contributed by atoms with Gasteiger partial charge in [-0.1, -0.05) is 26.7 Å². The van der Waals surface area contributed by atoms with Crippen molar-refractivity contribution in [3.05, 3.63) is 11.8 Å². The Hall–Kier alpha value is -0.920. The molecule has 7 heteroatoms. The van der Waals surface area contributed by atoms with E-state index in [-0.39, 0.29) is 5.03 Å². The quantitative estimate of drug-likeness (QED) is 0.863. The second-order valence-electron chi connectivity index (χ2n) is 5.58. The first-order valence-electron chi connectivity index (χ1n) is 7.27. The van der Waals surface area contributed by atoms with Gasteiger partial charge in [-0.2, -0.15) is 9.40 Å². The number of nitrogens with zero attached hydrogens (tertiary/aromatic N) is 2. The normalized spacial score (nSPS) is 18.4. The molecule has 0 spiro atoms. The molecular formula is C13H24N4O2S. The number of H-pyrrole nitrogens is 1. The van der Waals surface area contributed by atoms with E-state index in [0.29, 0.717) is 31.2 Å². The zero-order chi connectivity index (χ0) is 14.6. The van der Waals surface area contributed by atoms with Gasteiger partial charge in [0.2, 0.25) is 0 Å². The standard InChI is InChI=1S/C13H24N4O2S/c1-11(2)14-9-12-10-15-16-13(12)20(18,19)17-7-5-3-4-6-8-17/h10-11,14H,3-9H2,1-2H3,(H,15,16). The van der Waals surface area contributed by atoms with Crippen molar-refractivity contribution in [2.45, 2.75) is 57.1 Å². The molecule has 1 aromatic heterocycles. The summed E-state index contributed by atoms with van der Waals surface area (Å²) in [7, 11) is -3.45. The molecule has 0 saturated carbocycles. The maximum Gasteiger partial charge on any atom is 0.260 e. The highest BCUT2D eigenvalue weighted by Crippen LogP contribution is 2.21. The van der Waals surface area contributed by atoms with Gasteiger partial charge < -0.3 is 5.32 Å². The van der Waals surface area contributed by atoms with E-state index in [1.165, 1.54) is 0 Å². The maximum atomic E-state index is 12.7. The van der Waals surface area contributed by atoms with Crippen molar-refractivity contribution < 1.29 is 8.42 Å². The molecule has 0 aromatic carbocycles. The molecule has 1 aliphatic rings. The fourth-order valence-corrected chi connectivity index (χ4v) is 4.00. The lowest BCUT2D eigenvalue weighted by Gasteiger charge is -2.19. The lowest BCUT2D eigenvalue weighted by Crippen LogP contribution is -2.33. The first-order valence-corrected chi connectivity index (χ1v) is 8.71. The molecule has 0 atom stereocenters. The summed E-state index contributed by atoms with van der Waals surface area (Å²) < 4.78 is 27.0. The average molecular weight is 300 g/mol. The molecule has 0 bridgehead atoms. The van der Waals surface area contributed by atoms with Crippen molar-refractivity contribution in [3.63, 3.8) is 0 Å². The molecule has 6 nitrogen and oxygen atoms in total. The molecule has 2 N–H and O–H groups in total. The zero-order valence-corrected chi connectivity index (χ0v) is 13.0. The van der Waals surface area contributed by atoms with Crippen LogP contribution >= 0.6 is 0 Å². The molecule has 20 heavy (non-hydrogen) atoms. The van der Waals surface area contributed by atoms with E-state index in [1.807, 2.05) is 13.8 Å². The van der Waals surface area contributed by atoms with Gasteiger partial charge in [0.25, 0.3) is 10.0 Å². The summed E-state index contributed by atoms with van der Waals surface area (Å²) in [5.41, 5.74) is 0.711. The van der Waals surface area contributed by atoms with Crippen LogP contribution < -0.4 is 5.32 Å². The molecule has 1 aliphatic heterocycles. The van der Waals surface area contributed by atoms with E-state index in [0.717, 1.165) is 25.7 Å². The molecule has 0 aliphatic carbocycles. The first kappa shape index (κ1) is 15.5. The predicted molar refractivity (Wildman–Crippen MR) is 77.8 cm³/mol. The fraction of sp³-hybridized carbons (Fsp3) is 0.769. The summed E-state index contributed by atoms with van der Waals surface area (Å²) in [6.45, 7) is 5.79. The van der Waals surface area contributed by atoms with E-state index in [9.17, 15) is 8.42 Å². The molecule has 2 rings (SSSR count). The number of sulfonamides is 1. The molecule has 114 valence electrons. The molecular weight excluding hydrogens is 276 g/mol. The molecule has 0 unspecified atom stereocenters. The van der Waals surface area contributed by atoms with E-state index in [2.05, 4.69) is 15.5 Å². The lowest BCUT2D eigenvalue weighted by atomic mass is 10.2. The Morgan fingerprint density at radius 3 is 2.55 bits per heavy atom. The van der Waals surface area contributed by atoms with Crippen LogP contribution in [-0.4, -0.2) is 42.1 Å². The van der Waals surface area contributed by atoms with Crippen LogP contribution in [0.2, 0.25) is 0 Å². The van der Waals surface area contributed by atoms with E-state index in [1.54, 1.807) is 10.5 Å². The Kier molecular flexibility index (Phi) is 5.17. The van der Waals surface area contributed by atoms with Crippen molar-refractivity contribution in [3.8, 4) is 0 Å². The Morgan fingerprint density at radius 1 is 1.30 bits per heavy atom. The van der Waals surface area contributed by atoms with Crippen LogP contribution in [0.3, 0.4) is 0 Å². The van der Waals surface area contributed by atoms with Gasteiger partial charge in [-0.25, -0.2) is 8.42 Å². The highest BCUT2D eigenvalue weighted by molar-refractivity contribution is 7.89. The van der Waals surface area contributed by atoms with Crippen LogP contribution in [0.15, 0.2) is 11.2 Å². The van der Waals surface area contributed by atoms with Gasteiger partial charge in [0.15, 0.2) is 5.03 Å². The third kappa shape index (κ3) is 3.59. The summed E-state index contributed by atoms with van der Waals surface area (Å²) >= 11 is 0. The number of rotatable bonds is 5. The van der Waals surface area contributed by atoms with Crippen LogP contribution in [0.25, 0.3) is 0 Å². The monoisotopic (exact) mass is 300 g/mol. The van der Waals surface area contributed by atoms with Crippen LogP contribution in [0, 0.1) is 0 Å². The number of aromatic nitrogens is 2. The minimum absolute atomic E-state index is 0.243. The molecule has 1 saturated heterocycles. The van der Waals surface area contributed by atoms with Crippen molar-refractivity contribution in [2.75, 3.05) is 13.1 Å². The molecule has 0 radical (unpaired) electrons. The van der Waals surface area contributed by atoms with Gasteiger partial charge in [-0.15, -0.1) is 0 Å². The van der Waals surface area contributed by atoms with E-state index < -0.39 is 10.0 Å². The van der Waals surface area contributed by atoms with Crippen LogP contribution in [-0.2, 0) is 16.6 Å². The maximum absolute atomic E-state index is 12.7. The smallest absolute Gasteiger partial charge is 0.260 e. The van der Waals surface area contributed by atoms with Gasteiger partial charge in [-0.3, -0.25) is 5.10 Å². The third-order valence-corrected chi connectivity index (χ3v) is 5.46. The van der Waals surface area contributed by atoms with Crippen LogP contribution in [0.1, 0.15) is 45.1 Å². The van der Waals surface area contributed by atoms with Crippen LogP contribution in [0.4, 0.5) is 0 Å². The highest BCUT2D eigenvalue weighted by atomic mass is 32.2. The van der Waals surface area contributed by atoms with Crippen LogP contribution in [0.5, 0.6) is 0 Å². The highest BCUT2D eigenvalue weighted by Gasteiger charge is 2.28. The van der Waals surface area contributed by atoms with Crippen molar-refractivity contribution >= 4 is 10.0 Å². The SMILES string of the molecule is CC(C)NCc1cn[nH]c1S(=O)(=O)N1CCCCCC1. The number of hydrogen-bond donors (Lipinski definition) is 2. The predicted octanol–water partition coefficient (Wildman–Crippen LogP) is 1.47. The largest absolute Gasteiger partial charge is 0.310 e. The summed E-state index contributed by atoms with van der Waals surface area (Å²) in [5.74, 6) is 0. The summed E-state index contributed by atoms with van der Waals surface area (Å²) in [6.07, 6.45) is 5.69. The Bertz CT molecular complexity index is 516. The number of aromatic amines is 1. The Morgan fingerprint density at radius 2 is 1.95 bits per heavy atom. The van der Waals surface area contributed by atoms with Gasteiger partial charge in [-0.05, 0) is 12.8 Å². The summed E-state index contributed by atoms with van der Waals surface area (Å²) in [5, 5.41) is 10.1. The van der Waals surface area contributed by atoms with Gasteiger partial charge in [0.05, 0.1) is 6.20 Å². The first-order chi connectivity index (χ1) is 9.51. The Balaban J connectivity index is 2.18. The van der Waals surface area contributed by atoms with Crippen molar-refractivity contribution in [1.29, 1.82) is 0 Å². The number of nitrogens with one attached hydrogen (secondary N) is 2. The third-order valence-electron chi connectivity index (χ3n) is 3.54. The molecule has 2 heterocycles. The minimum atomic E-state index is -3.45. The van der Waals surface area contributed by atoms with E-state index in [4.69, 9.17) is 0 Å².